The van der Waals surface area contributed by atoms with Crippen LogP contribution in [-0.4, -0.2) is 64.9 Å². The molecule has 0 radical (unpaired) electrons. The second-order valence-electron chi connectivity index (χ2n) is 7.60. The van der Waals surface area contributed by atoms with Crippen molar-refractivity contribution in [2.45, 2.75) is 31.5 Å². The Balaban J connectivity index is 0.000000360. The van der Waals surface area contributed by atoms with Crippen molar-refractivity contribution in [1.29, 1.82) is 0 Å². The minimum atomic E-state index is -5.08. The number of aliphatic carboxylic acids is 1. The normalized spacial score (nSPS) is 19.1. The molecule has 32 heavy (non-hydrogen) atoms. The van der Waals surface area contributed by atoms with E-state index in [1.807, 2.05) is 41.5 Å². The molecule has 0 aromatic carbocycles. The SMILES string of the molecule is Cc1ccsc1C(=O)N1CC2(C1)OCCC2CCOc1ccccn1.O=C(O)C(F)(F)F. The predicted octanol–water partition coefficient (Wildman–Crippen LogP) is 3.79. The Morgan fingerprint density at radius 3 is 2.62 bits per heavy atom. The van der Waals surface area contributed by atoms with Gasteiger partial charge < -0.3 is 19.5 Å². The molecule has 11 heteroatoms. The number of halogens is 3. The van der Waals surface area contributed by atoms with E-state index >= 15 is 0 Å². The van der Waals surface area contributed by atoms with Gasteiger partial charge in [-0.3, -0.25) is 4.79 Å². The largest absolute Gasteiger partial charge is 0.490 e. The molecular weight excluding hydrogens is 449 g/mol. The Morgan fingerprint density at radius 2 is 2.06 bits per heavy atom. The highest BCUT2D eigenvalue weighted by Crippen LogP contribution is 2.42. The molecule has 2 aromatic rings. The van der Waals surface area contributed by atoms with Crippen molar-refractivity contribution in [2.75, 3.05) is 26.3 Å². The number of carbonyl (C=O) groups is 2. The van der Waals surface area contributed by atoms with Crippen molar-refractivity contribution in [1.82, 2.24) is 9.88 Å². The first kappa shape index (κ1) is 24.0. The summed E-state index contributed by atoms with van der Waals surface area (Å²) in [5.74, 6) is -1.52. The Bertz CT molecular complexity index is 929. The number of carboxylic acids is 1. The van der Waals surface area contributed by atoms with Crippen molar-refractivity contribution in [3.8, 4) is 5.88 Å². The minimum Gasteiger partial charge on any atom is -0.478 e. The Kier molecular flexibility index (Phi) is 7.40. The lowest BCUT2D eigenvalue weighted by Gasteiger charge is -2.50. The summed E-state index contributed by atoms with van der Waals surface area (Å²) < 4.78 is 43.5. The Labute approximate surface area is 186 Å². The van der Waals surface area contributed by atoms with Crippen molar-refractivity contribution in [3.05, 3.63) is 46.3 Å². The van der Waals surface area contributed by atoms with Crippen molar-refractivity contribution < 1.29 is 37.3 Å². The fourth-order valence-electron chi connectivity index (χ4n) is 3.76. The van der Waals surface area contributed by atoms with Gasteiger partial charge in [0.15, 0.2) is 0 Å². The summed E-state index contributed by atoms with van der Waals surface area (Å²) in [4.78, 5) is 28.4. The highest BCUT2D eigenvalue weighted by Gasteiger charge is 2.54. The van der Waals surface area contributed by atoms with Gasteiger partial charge in [-0.2, -0.15) is 13.2 Å². The molecule has 2 aliphatic rings. The quantitative estimate of drug-likeness (QED) is 0.713. The standard InChI is InChI=1S/C19H22N2O3S.C2HF3O2/c1-14-7-11-25-17(14)18(22)21-12-19(13-21)15(6-10-24-19)5-9-23-16-4-2-3-8-20-16;3-2(4,5)1(6)7/h2-4,7-8,11,15H,5-6,9-10,12-13H2,1H3;(H,6,7). The molecule has 2 saturated heterocycles. The summed E-state index contributed by atoms with van der Waals surface area (Å²) in [7, 11) is 0. The zero-order valence-electron chi connectivity index (χ0n) is 17.3. The zero-order chi connectivity index (χ0) is 23.4. The van der Waals surface area contributed by atoms with Gasteiger partial charge in [-0.15, -0.1) is 11.3 Å². The maximum absolute atomic E-state index is 12.6. The number of rotatable bonds is 5. The number of carboxylic acid groups (broad SMARTS) is 1. The monoisotopic (exact) mass is 472 g/mol. The van der Waals surface area contributed by atoms with Crippen LogP contribution >= 0.6 is 11.3 Å². The molecule has 4 rings (SSSR count). The number of ether oxygens (including phenoxy) is 2. The molecule has 1 atom stereocenters. The highest BCUT2D eigenvalue weighted by atomic mass is 32.1. The minimum absolute atomic E-state index is 0.136. The van der Waals surface area contributed by atoms with Crippen LogP contribution in [0.25, 0.3) is 0 Å². The third-order valence-corrected chi connectivity index (χ3v) is 6.46. The molecule has 7 nitrogen and oxygen atoms in total. The number of amides is 1. The van der Waals surface area contributed by atoms with E-state index in [1.165, 1.54) is 11.3 Å². The van der Waals surface area contributed by atoms with Gasteiger partial charge in [0.05, 0.1) is 24.6 Å². The van der Waals surface area contributed by atoms with Gasteiger partial charge >= 0.3 is 12.1 Å². The third kappa shape index (κ3) is 5.57. The van der Waals surface area contributed by atoms with Crippen molar-refractivity contribution >= 4 is 23.2 Å². The lowest BCUT2D eigenvalue weighted by Crippen LogP contribution is -2.66. The van der Waals surface area contributed by atoms with Crippen LogP contribution in [0.4, 0.5) is 13.2 Å². The van der Waals surface area contributed by atoms with Crippen LogP contribution in [-0.2, 0) is 9.53 Å². The van der Waals surface area contributed by atoms with Gasteiger partial charge in [-0.25, -0.2) is 9.78 Å². The van der Waals surface area contributed by atoms with Gasteiger partial charge in [0.1, 0.15) is 5.60 Å². The summed E-state index contributed by atoms with van der Waals surface area (Å²) in [5.41, 5.74) is 0.887. The smallest absolute Gasteiger partial charge is 0.478 e. The van der Waals surface area contributed by atoms with E-state index in [1.54, 1.807) is 6.20 Å². The van der Waals surface area contributed by atoms with E-state index < -0.39 is 12.1 Å². The first-order chi connectivity index (χ1) is 15.1. The number of hydrogen-bond donors (Lipinski definition) is 1. The van der Waals surface area contributed by atoms with Crippen LogP contribution in [0.3, 0.4) is 0 Å². The maximum Gasteiger partial charge on any atom is 0.490 e. The number of aryl methyl sites for hydroxylation is 1. The van der Waals surface area contributed by atoms with Crippen LogP contribution in [0.5, 0.6) is 5.88 Å². The molecular formula is C21H23F3N2O5S. The number of carbonyl (C=O) groups excluding carboxylic acids is 1. The molecule has 2 aromatic heterocycles. The molecule has 4 heterocycles. The summed E-state index contributed by atoms with van der Waals surface area (Å²) in [6, 6.07) is 7.66. The Morgan fingerprint density at radius 1 is 1.34 bits per heavy atom. The molecule has 1 unspecified atom stereocenters. The number of likely N-dealkylation sites (tertiary alicyclic amines) is 1. The second-order valence-corrected chi connectivity index (χ2v) is 8.52. The van der Waals surface area contributed by atoms with Crippen molar-refractivity contribution in [3.63, 3.8) is 0 Å². The third-order valence-electron chi connectivity index (χ3n) is 5.46. The molecule has 1 N–H and O–H groups in total. The topological polar surface area (TPSA) is 89.0 Å². The average Bonchev–Trinajstić information content (AvgIpc) is 3.33. The van der Waals surface area contributed by atoms with E-state index in [0.29, 0.717) is 31.5 Å². The first-order valence-corrected chi connectivity index (χ1v) is 10.8. The number of nitrogens with zero attached hydrogens (tertiary/aromatic N) is 2. The molecule has 1 spiro atoms. The molecule has 1 amide bonds. The predicted molar refractivity (Wildman–Crippen MR) is 110 cm³/mol. The molecule has 0 saturated carbocycles. The maximum atomic E-state index is 12.6. The van der Waals surface area contributed by atoms with Crippen molar-refractivity contribution in [2.24, 2.45) is 5.92 Å². The lowest BCUT2D eigenvalue weighted by atomic mass is 9.79. The number of alkyl halides is 3. The first-order valence-electron chi connectivity index (χ1n) is 9.94. The van der Waals surface area contributed by atoms with Gasteiger partial charge in [-0.1, -0.05) is 6.07 Å². The fourth-order valence-corrected chi connectivity index (χ4v) is 4.65. The van der Waals surface area contributed by atoms with Crippen LogP contribution in [0.15, 0.2) is 35.8 Å². The van der Waals surface area contributed by atoms with Gasteiger partial charge in [0, 0.05) is 18.9 Å². The van der Waals surface area contributed by atoms with Gasteiger partial charge in [-0.05, 0) is 48.8 Å². The van der Waals surface area contributed by atoms with Crippen LogP contribution in [0, 0.1) is 12.8 Å². The number of aromatic nitrogens is 1. The molecule has 0 bridgehead atoms. The summed E-state index contributed by atoms with van der Waals surface area (Å²) in [6.45, 7) is 4.77. The van der Waals surface area contributed by atoms with E-state index in [0.717, 1.165) is 29.9 Å². The van der Waals surface area contributed by atoms with E-state index in [4.69, 9.17) is 19.4 Å². The highest BCUT2D eigenvalue weighted by molar-refractivity contribution is 7.12. The second kappa shape index (κ2) is 9.86. The number of thiophene rings is 1. The summed E-state index contributed by atoms with van der Waals surface area (Å²) in [6.07, 6.45) is -1.39. The van der Waals surface area contributed by atoms with Crippen LogP contribution in [0.2, 0.25) is 0 Å². The number of pyridine rings is 1. The fraction of sp³-hybridized carbons (Fsp3) is 0.476. The Hall–Kier alpha value is -2.66. The summed E-state index contributed by atoms with van der Waals surface area (Å²) in [5, 5.41) is 9.10. The lowest BCUT2D eigenvalue weighted by molar-refractivity contribution is -0.192. The molecule has 2 fully saturated rings. The van der Waals surface area contributed by atoms with Gasteiger partial charge in [0.25, 0.3) is 5.91 Å². The van der Waals surface area contributed by atoms with Crippen LogP contribution < -0.4 is 4.74 Å². The molecule has 174 valence electrons. The van der Waals surface area contributed by atoms with E-state index in [9.17, 15) is 18.0 Å². The van der Waals surface area contributed by atoms with E-state index in [-0.39, 0.29) is 11.5 Å². The van der Waals surface area contributed by atoms with Crippen LogP contribution in [0.1, 0.15) is 28.1 Å². The van der Waals surface area contributed by atoms with E-state index in [2.05, 4.69) is 4.98 Å². The van der Waals surface area contributed by atoms with Gasteiger partial charge in [0.2, 0.25) is 5.88 Å². The molecule has 0 aliphatic carbocycles. The average molecular weight is 472 g/mol. The summed E-state index contributed by atoms with van der Waals surface area (Å²) >= 11 is 1.52. The molecule has 2 aliphatic heterocycles. The zero-order valence-corrected chi connectivity index (χ0v) is 18.1. The number of hydrogen-bond acceptors (Lipinski definition) is 6.